The standard InChI is InChI=1S/C22H26N2O3/c1-5-14-23-21(26)18-8-6-7-9-19(18)24-20(25)15-27-17-12-10-16(11-13-17)22(2,3)4/h5-13H,1,14-15H2,2-4H3,(H,23,26)(H,24,25). The molecule has 2 amide bonds. The number of ether oxygens (including phenoxy) is 1. The van der Waals surface area contributed by atoms with Crippen LogP contribution in [-0.4, -0.2) is 25.0 Å². The van der Waals surface area contributed by atoms with Crippen LogP contribution in [0.5, 0.6) is 5.75 Å². The number of anilines is 1. The number of benzene rings is 2. The Hall–Kier alpha value is -3.08. The van der Waals surface area contributed by atoms with Gasteiger partial charge >= 0.3 is 0 Å². The molecule has 0 fully saturated rings. The molecule has 0 aromatic heterocycles. The van der Waals surface area contributed by atoms with Crippen molar-refractivity contribution in [1.82, 2.24) is 5.32 Å². The van der Waals surface area contributed by atoms with Crippen LogP contribution in [0.25, 0.3) is 0 Å². The van der Waals surface area contributed by atoms with Crippen molar-refractivity contribution in [3.05, 3.63) is 72.3 Å². The molecule has 0 saturated heterocycles. The Bertz CT molecular complexity index is 805. The highest BCUT2D eigenvalue weighted by Gasteiger charge is 2.14. The molecule has 0 heterocycles. The number of rotatable bonds is 7. The van der Waals surface area contributed by atoms with Crippen molar-refractivity contribution in [3.63, 3.8) is 0 Å². The fourth-order valence-corrected chi connectivity index (χ4v) is 2.44. The summed E-state index contributed by atoms with van der Waals surface area (Å²) in [6, 6.07) is 14.5. The summed E-state index contributed by atoms with van der Waals surface area (Å²) < 4.78 is 5.55. The first-order valence-corrected chi connectivity index (χ1v) is 8.82. The molecule has 0 bridgehead atoms. The number of hydrogen-bond donors (Lipinski definition) is 2. The van der Waals surface area contributed by atoms with Gasteiger partial charge in [0.1, 0.15) is 5.75 Å². The lowest BCUT2D eigenvalue weighted by atomic mass is 9.87. The predicted octanol–water partition coefficient (Wildman–Crippen LogP) is 3.92. The second-order valence-corrected chi connectivity index (χ2v) is 7.16. The van der Waals surface area contributed by atoms with E-state index in [4.69, 9.17) is 4.74 Å². The van der Waals surface area contributed by atoms with Crippen LogP contribution in [0.3, 0.4) is 0 Å². The summed E-state index contributed by atoms with van der Waals surface area (Å²) >= 11 is 0. The van der Waals surface area contributed by atoms with Crippen LogP contribution in [0, 0.1) is 0 Å². The van der Waals surface area contributed by atoms with Gasteiger partial charge in [0.05, 0.1) is 11.3 Å². The van der Waals surface area contributed by atoms with Crippen LogP contribution >= 0.6 is 0 Å². The van der Waals surface area contributed by atoms with Crippen LogP contribution < -0.4 is 15.4 Å². The summed E-state index contributed by atoms with van der Waals surface area (Å²) in [7, 11) is 0. The fraction of sp³-hybridized carbons (Fsp3) is 0.273. The smallest absolute Gasteiger partial charge is 0.262 e. The van der Waals surface area contributed by atoms with E-state index in [0.29, 0.717) is 23.5 Å². The molecule has 0 unspecified atom stereocenters. The van der Waals surface area contributed by atoms with Crippen LogP contribution in [0.4, 0.5) is 5.69 Å². The quantitative estimate of drug-likeness (QED) is 0.730. The highest BCUT2D eigenvalue weighted by Crippen LogP contribution is 2.24. The van der Waals surface area contributed by atoms with E-state index >= 15 is 0 Å². The molecule has 142 valence electrons. The molecule has 2 aromatic carbocycles. The van der Waals surface area contributed by atoms with Gasteiger partial charge in [-0.1, -0.05) is 51.1 Å². The third-order valence-electron chi connectivity index (χ3n) is 3.94. The molecule has 27 heavy (non-hydrogen) atoms. The molecule has 0 aliphatic carbocycles. The monoisotopic (exact) mass is 366 g/mol. The van der Waals surface area contributed by atoms with Gasteiger partial charge in [-0.05, 0) is 35.2 Å². The van der Waals surface area contributed by atoms with Crippen LogP contribution in [0.1, 0.15) is 36.7 Å². The van der Waals surface area contributed by atoms with Gasteiger partial charge in [-0.15, -0.1) is 6.58 Å². The summed E-state index contributed by atoms with van der Waals surface area (Å²) in [5, 5.41) is 5.42. The SMILES string of the molecule is C=CCNC(=O)c1ccccc1NC(=O)COc1ccc(C(C)(C)C)cc1. The number of nitrogens with one attached hydrogen (secondary N) is 2. The van der Waals surface area contributed by atoms with E-state index in [2.05, 4.69) is 38.0 Å². The number of amides is 2. The molecule has 0 atom stereocenters. The summed E-state index contributed by atoms with van der Waals surface area (Å²) in [6.07, 6.45) is 1.60. The van der Waals surface area contributed by atoms with Gasteiger partial charge in [-0.3, -0.25) is 9.59 Å². The van der Waals surface area contributed by atoms with Gasteiger partial charge in [-0.2, -0.15) is 0 Å². The third kappa shape index (κ3) is 5.99. The van der Waals surface area contributed by atoms with Crippen LogP contribution in [-0.2, 0) is 10.2 Å². The molecular formula is C22H26N2O3. The Morgan fingerprint density at radius 1 is 1.07 bits per heavy atom. The lowest BCUT2D eigenvalue weighted by Gasteiger charge is -2.19. The Labute approximate surface area is 160 Å². The topological polar surface area (TPSA) is 67.4 Å². The highest BCUT2D eigenvalue weighted by atomic mass is 16.5. The van der Waals surface area contributed by atoms with E-state index < -0.39 is 0 Å². The number of carbonyl (C=O) groups is 2. The molecule has 0 aliphatic rings. The van der Waals surface area contributed by atoms with Crippen molar-refractivity contribution in [3.8, 4) is 5.75 Å². The lowest BCUT2D eigenvalue weighted by Crippen LogP contribution is -2.26. The van der Waals surface area contributed by atoms with Crippen molar-refractivity contribution >= 4 is 17.5 Å². The average molecular weight is 366 g/mol. The van der Waals surface area contributed by atoms with Gasteiger partial charge in [0.15, 0.2) is 6.61 Å². The first kappa shape index (κ1) is 20.2. The van der Waals surface area contributed by atoms with Gasteiger partial charge in [0, 0.05) is 6.54 Å². The Morgan fingerprint density at radius 2 is 1.74 bits per heavy atom. The molecule has 0 saturated carbocycles. The van der Waals surface area contributed by atoms with Crippen molar-refractivity contribution in [2.24, 2.45) is 0 Å². The summed E-state index contributed by atoms with van der Waals surface area (Å²) in [6.45, 7) is 10.2. The maximum Gasteiger partial charge on any atom is 0.262 e. The maximum absolute atomic E-state index is 12.2. The minimum atomic E-state index is -0.334. The van der Waals surface area contributed by atoms with Crippen molar-refractivity contribution < 1.29 is 14.3 Å². The third-order valence-corrected chi connectivity index (χ3v) is 3.94. The van der Waals surface area contributed by atoms with Crippen molar-refractivity contribution in [2.45, 2.75) is 26.2 Å². The van der Waals surface area contributed by atoms with E-state index in [0.717, 1.165) is 0 Å². The minimum Gasteiger partial charge on any atom is -0.484 e. The average Bonchev–Trinajstić information content (AvgIpc) is 2.64. The lowest BCUT2D eigenvalue weighted by molar-refractivity contribution is -0.118. The van der Waals surface area contributed by atoms with E-state index in [9.17, 15) is 9.59 Å². The van der Waals surface area contributed by atoms with Crippen LogP contribution in [0.15, 0.2) is 61.2 Å². The molecular weight excluding hydrogens is 340 g/mol. The number of para-hydroxylation sites is 1. The second-order valence-electron chi connectivity index (χ2n) is 7.16. The van der Waals surface area contributed by atoms with Crippen molar-refractivity contribution in [1.29, 1.82) is 0 Å². The molecule has 2 rings (SSSR count). The molecule has 0 aliphatic heterocycles. The van der Waals surface area contributed by atoms with Crippen LogP contribution in [0.2, 0.25) is 0 Å². The summed E-state index contributed by atoms with van der Waals surface area (Å²) in [4.78, 5) is 24.4. The molecule has 5 nitrogen and oxygen atoms in total. The number of hydrogen-bond acceptors (Lipinski definition) is 3. The van der Waals surface area contributed by atoms with Crippen molar-refractivity contribution in [2.75, 3.05) is 18.5 Å². The molecule has 0 spiro atoms. The molecule has 0 radical (unpaired) electrons. The first-order valence-electron chi connectivity index (χ1n) is 8.82. The molecule has 2 N–H and O–H groups in total. The normalized spacial score (nSPS) is 10.8. The van der Waals surface area contributed by atoms with E-state index in [-0.39, 0.29) is 23.8 Å². The largest absolute Gasteiger partial charge is 0.484 e. The zero-order chi connectivity index (χ0) is 19.9. The summed E-state index contributed by atoms with van der Waals surface area (Å²) in [5.41, 5.74) is 2.09. The maximum atomic E-state index is 12.2. The number of carbonyl (C=O) groups excluding carboxylic acids is 2. The summed E-state index contributed by atoms with van der Waals surface area (Å²) in [5.74, 6) is 0.0125. The first-order chi connectivity index (χ1) is 12.8. The zero-order valence-corrected chi connectivity index (χ0v) is 16.0. The van der Waals surface area contributed by atoms with E-state index in [1.807, 2.05) is 24.3 Å². The zero-order valence-electron chi connectivity index (χ0n) is 16.0. The van der Waals surface area contributed by atoms with Gasteiger partial charge in [0.2, 0.25) is 0 Å². The highest BCUT2D eigenvalue weighted by molar-refractivity contribution is 6.04. The molecule has 2 aromatic rings. The minimum absolute atomic E-state index is 0.0613. The van der Waals surface area contributed by atoms with Gasteiger partial charge in [-0.25, -0.2) is 0 Å². The molecule has 5 heteroatoms. The van der Waals surface area contributed by atoms with Gasteiger partial charge in [0.25, 0.3) is 11.8 Å². The van der Waals surface area contributed by atoms with Gasteiger partial charge < -0.3 is 15.4 Å². The van der Waals surface area contributed by atoms with E-state index in [1.165, 1.54) is 5.56 Å². The second kappa shape index (κ2) is 9.03. The predicted molar refractivity (Wildman–Crippen MR) is 108 cm³/mol. The Kier molecular flexibility index (Phi) is 6.77. The Morgan fingerprint density at radius 3 is 2.37 bits per heavy atom. The fourth-order valence-electron chi connectivity index (χ4n) is 2.44. The van der Waals surface area contributed by atoms with E-state index in [1.54, 1.807) is 30.3 Å². The Balaban J connectivity index is 1.96.